The summed E-state index contributed by atoms with van der Waals surface area (Å²) in [5.74, 6) is -1.83. The fourth-order valence-corrected chi connectivity index (χ4v) is 6.09. The summed E-state index contributed by atoms with van der Waals surface area (Å²) in [6, 6.07) is 5.36. The van der Waals surface area contributed by atoms with E-state index in [0.717, 1.165) is 41.0 Å². The van der Waals surface area contributed by atoms with Crippen LogP contribution in [0.1, 0.15) is 49.7 Å². The van der Waals surface area contributed by atoms with E-state index in [1.54, 1.807) is 13.0 Å². The SMILES string of the molecule is Cc1noc2nc(-c3cccs3)cc(C(=O)OCC(=O)Nc3sc4c(c3C(N)=O)CCCC4)c12. The maximum Gasteiger partial charge on any atom is 0.339 e. The van der Waals surface area contributed by atoms with Crippen molar-refractivity contribution in [3.8, 4) is 10.6 Å². The molecule has 0 unspecified atom stereocenters. The van der Waals surface area contributed by atoms with Gasteiger partial charge in [-0.05, 0) is 55.7 Å². The van der Waals surface area contributed by atoms with Gasteiger partial charge in [-0.15, -0.1) is 22.7 Å². The van der Waals surface area contributed by atoms with Crippen LogP contribution >= 0.6 is 22.7 Å². The van der Waals surface area contributed by atoms with Crippen LogP contribution in [0.25, 0.3) is 21.7 Å². The highest BCUT2D eigenvalue weighted by Crippen LogP contribution is 2.38. The van der Waals surface area contributed by atoms with Crippen LogP contribution in [0.4, 0.5) is 5.00 Å². The quantitative estimate of drug-likeness (QED) is 0.383. The van der Waals surface area contributed by atoms with Crippen LogP contribution in [-0.2, 0) is 22.4 Å². The lowest BCUT2D eigenvalue weighted by atomic mass is 9.95. The third kappa shape index (κ3) is 4.08. The zero-order chi connectivity index (χ0) is 23.8. The largest absolute Gasteiger partial charge is 0.452 e. The van der Waals surface area contributed by atoms with Gasteiger partial charge in [0.2, 0.25) is 0 Å². The van der Waals surface area contributed by atoms with E-state index >= 15 is 0 Å². The number of anilines is 1. The van der Waals surface area contributed by atoms with E-state index in [9.17, 15) is 14.4 Å². The second kappa shape index (κ2) is 8.99. The first kappa shape index (κ1) is 22.2. The molecule has 0 aromatic carbocycles. The van der Waals surface area contributed by atoms with E-state index in [0.29, 0.717) is 27.3 Å². The number of nitrogens with zero attached hydrogens (tertiary/aromatic N) is 2. The number of primary amides is 1. The average molecular weight is 497 g/mol. The molecule has 0 saturated carbocycles. The van der Waals surface area contributed by atoms with Crippen molar-refractivity contribution in [2.24, 2.45) is 5.73 Å². The Bertz CT molecular complexity index is 1420. The number of ether oxygens (including phenoxy) is 1. The summed E-state index contributed by atoms with van der Waals surface area (Å²) in [7, 11) is 0. The Morgan fingerprint density at radius 1 is 1.26 bits per heavy atom. The van der Waals surface area contributed by atoms with Crippen molar-refractivity contribution in [1.29, 1.82) is 0 Å². The zero-order valence-electron chi connectivity index (χ0n) is 18.2. The van der Waals surface area contributed by atoms with Gasteiger partial charge >= 0.3 is 5.97 Å². The summed E-state index contributed by atoms with van der Waals surface area (Å²) in [4.78, 5) is 43.9. The zero-order valence-corrected chi connectivity index (χ0v) is 19.8. The number of thiophene rings is 2. The third-order valence-electron chi connectivity index (χ3n) is 5.62. The number of carbonyl (C=O) groups is 3. The molecule has 0 radical (unpaired) electrons. The molecule has 2 amide bonds. The van der Waals surface area contributed by atoms with Gasteiger partial charge in [0.05, 0.1) is 32.8 Å². The maximum absolute atomic E-state index is 13.0. The van der Waals surface area contributed by atoms with Gasteiger partial charge in [0.15, 0.2) is 6.61 Å². The predicted molar refractivity (Wildman–Crippen MR) is 128 cm³/mol. The van der Waals surface area contributed by atoms with Crippen LogP contribution in [0.15, 0.2) is 28.1 Å². The van der Waals surface area contributed by atoms with Crippen molar-refractivity contribution in [2.45, 2.75) is 32.6 Å². The van der Waals surface area contributed by atoms with Crippen molar-refractivity contribution in [3.05, 3.63) is 50.8 Å². The van der Waals surface area contributed by atoms with Crippen LogP contribution in [0.5, 0.6) is 0 Å². The second-order valence-corrected chi connectivity index (χ2v) is 9.94. The molecule has 0 atom stereocenters. The number of fused-ring (bicyclic) bond motifs is 2. The first-order valence-electron chi connectivity index (χ1n) is 10.6. The van der Waals surface area contributed by atoms with Crippen molar-refractivity contribution < 1.29 is 23.6 Å². The molecule has 0 aliphatic heterocycles. The number of hydrogen-bond acceptors (Lipinski definition) is 9. The maximum atomic E-state index is 13.0. The lowest BCUT2D eigenvalue weighted by Crippen LogP contribution is -2.23. The first-order valence-corrected chi connectivity index (χ1v) is 12.3. The molecule has 1 aliphatic carbocycles. The fraction of sp³-hybridized carbons (Fsp3) is 0.261. The van der Waals surface area contributed by atoms with Crippen LogP contribution in [0.2, 0.25) is 0 Å². The van der Waals surface area contributed by atoms with E-state index in [2.05, 4.69) is 15.5 Å². The Morgan fingerprint density at radius 2 is 2.09 bits per heavy atom. The number of rotatable bonds is 6. The lowest BCUT2D eigenvalue weighted by Gasteiger charge is -2.11. The molecule has 4 aromatic rings. The Morgan fingerprint density at radius 3 is 2.85 bits per heavy atom. The van der Waals surface area contributed by atoms with E-state index in [1.165, 1.54) is 22.7 Å². The molecule has 0 fully saturated rings. The minimum absolute atomic E-state index is 0.212. The molecule has 34 heavy (non-hydrogen) atoms. The smallest absolute Gasteiger partial charge is 0.339 e. The number of nitrogens with two attached hydrogens (primary N) is 1. The number of pyridine rings is 1. The highest BCUT2D eigenvalue weighted by atomic mass is 32.1. The van der Waals surface area contributed by atoms with Gasteiger partial charge in [0, 0.05) is 4.88 Å². The van der Waals surface area contributed by atoms with Gasteiger partial charge in [-0.2, -0.15) is 0 Å². The number of nitrogens with one attached hydrogen (secondary N) is 1. The van der Waals surface area contributed by atoms with Crippen molar-refractivity contribution >= 4 is 56.6 Å². The molecule has 3 N–H and O–H groups in total. The van der Waals surface area contributed by atoms with E-state index in [-0.39, 0.29) is 11.3 Å². The molecule has 4 aromatic heterocycles. The van der Waals surface area contributed by atoms with Crippen molar-refractivity contribution in [1.82, 2.24) is 10.1 Å². The molecular formula is C23H20N4O5S2. The van der Waals surface area contributed by atoms with Gasteiger partial charge in [-0.1, -0.05) is 11.2 Å². The Labute approximate surface area is 201 Å². The molecule has 4 heterocycles. The number of aromatic nitrogens is 2. The van der Waals surface area contributed by atoms with Crippen LogP contribution in [0.3, 0.4) is 0 Å². The number of esters is 1. The Balaban J connectivity index is 1.35. The van der Waals surface area contributed by atoms with E-state index in [4.69, 9.17) is 15.0 Å². The van der Waals surface area contributed by atoms with Crippen molar-refractivity contribution in [3.63, 3.8) is 0 Å². The second-order valence-electron chi connectivity index (χ2n) is 7.88. The van der Waals surface area contributed by atoms with Gasteiger partial charge < -0.3 is 20.3 Å². The summed E-state index contributed by atoms with van der Waals surface area (Å²) < 4.78 is 10.6. The van der Waals surface area contributed by atoms with Gasteiger partial charge in [0.1, 0.15) is 5.00 Å². The molecule has 0 spiro atoms. The normalized spacial score (nSPS) is 13.0. The van der Waals surface area contributed by atoms with Crippen LogP contribution in [0, 0.1) is 6.92 Å². The number of amides is 2. The Hall–Kier alpha value is -3.57. The predicted octanol–water partition coefficient (Wildman–Crippen LogP) is 4.09. The van der Waals surface area contributed by atoms with E-state index in [1.807, 2.05) is 17.5 Å². The summed E-state index contributed by atoms with van der Waals surface area (Å²) in [5, 5.41) is 9.34. The number of carbonyl (C=O) groups excluding carboxylic acids is 3. The van der Waals surface area contributed by atoms with Crippen molar-refractivity contribution in [2.75, 3.05) is 11.9 Å². The third-order valence-corrected chi connectivity index (χ3v) is 7.72. The van der Waals surface area contributed by atoms with Crippen LogP contribution in [-0.4, -0.2) is 34.5 Å². The highest BCUT2D eigenvalue weighted by Gasteiger charge is 2.26. The monoisotopic (exact) mass is 496 g/mol. The van der Waals surface area contributed by atoms with Crippen LogP contribution < -0.4 is 11.1 Å². The molecular weight excluding hydrogens is 476 g/mol. The van der Waals surface area contributed by atoms with Gasteiger partial charge in [-0.25, -0.2) is 9.78 Å². The fourth-order valence-electron chi connectivity index (χ4n) is 4.09. The summed E-state index contributed by atoms with van der Waals surface area (Å²) >= 11 is 2.82. The molecule has 11 heteroatoms. The number of aryl methyl sites for hydroxylation is 2. The highest BCUT2D eigenvalue weighted by molar-refractivity contribution is 7.17. The molecule has 9 nitrogen and oxygen atoms in total. The molecule has 1 aliphatic rings. The van der Waals surface area contributed by atoms with Gasteiger partial charge in [0.25, 0.3) is 17.5 Å². The summed E-state index contributed by atoms with van der Waals surface area (Å²) in [6.45, 7) is 1.17. The average Bonchev–Trinajstić information content (AvgIpc) is 3.55. The van der Waals surface area contributed by atoms with Gasteiger partial charge in [-0.3, -0.25) is 9.59 Å². The topological polar surface area (TPSA) is 137 Å². The molecule has 0 saturated heterocycles. The molecule has 5 rings (SSSR count). The standard InChI is InChI=1S/C23H20N4O5S2/c1-11-18-13(9-14(16-7-4-8-33-16)25-21(18)32-27-11)23(30)31-10-17(28)26-22-19(20(24)29)12-5-2-3-6-15(12)34-22/h4,7-9H,2-3,5-6,10H2,1H3,(H2,24,29)(H,26,28). The minimum Gasteiger partial charge on any atom is -0.452 e. The van der Waals surface area contributed by atoms with E-state index < -0.39 is 24.4 Å². The minimum atomic E-state index is -0.702. The number of hydrogen-bond donors (Lipinski definition) is 2. The summed E-state index contributed by atoms with van der Waals surface area (Å²) in [6.07, 6.45) is 3.63. The first-order chi connectivity index (χ1) is 16.4. The Kier molecular flexibility index (Phi) is 5.88. The molecule has 174 valence electrons. The molecule has 0 bridgehead atoms. The summed E-state index contributed by atoms with van der Waals surface area (Å²) in [5.41, 5.74) is 8.32. The lowest BCUT2D eigenvalue weighted by molar-refractivity contribution is -0.119.